The molecular formula is C16H27ClN2O3. The maximum atomic E-state index is 12.0. The summed E-state index contributed by atoms with van der Waals surface area (Å²) in [6, 6.07) is 5.05. The van der Waals surface area contributed by atoms with E-state index < -0.39 is 6.04 Å². The Morgan fingerprint density at radius 2 is 1.95 bits per heavy atom. The zero-order chi connectivity index (χ0) is 16.0. The first-order chi connectivity index (χ1) is 9.79. The Kier molecular flexibility index (Phi) is 8.27. The Morgan fingerprint density at radius 1 is 1.32 bits per heavy atom. The van der Waals surface area contributed by atoms with Crippen LogP contribution in [0.4, 0.5) is 0 Å². The van der Waals surface area contributed by atoms with E-state index in [1.807, 2.05) is 45.9 Å². The van der Waals surface area contributed by atoms with Gasteiger partial charge in [-0.2, -0.15) is 0 Å². The van der Waals surface area contributed by atoms with Crippen LogP contribution >= 0.6 is 12.4 Å². The van der Waals surface area contributed by atoms with Gasteiger partial charge in [0, 0.05) is 6.54 Å². The van der Waals surface area contributed by atoms with Crippen molar-refractivity contribution in [2.75, 3.05) is 13.7 Å². The van der Waals surface area contributed by atoms with Crippen LogP contribution in [0.2, 0.25) is 0 Å². The summed E-state index contributed by atoms with van der Waals surface area (Å²) in [5, 5.41) is 2.85. The predicted molar refractivity (Wildman–Crippen MR) is 90.7 cm³/mol. The largest absolute Gasteiger partial charge is 0.493 e. The molecule has 0 spiro atoms. The van der Waals surface area contributed by atoms with Gasteiger partial charge in [-0.15, -0.1) is 12.4 Å². The first-order valence-electron chi connectivity index (χ1n) is 7.12. The highest BCUT2D eigenvalue weighted by Gasteiger charge is 2.27. The first-order valence-corrected chi connectivity index (χ1v) is 7.12. The number of rotatable bonds is 6. The Morgan fingerprint density at radius 3 is 2.45 bits per heavy atom. The Hall–Kier alpha value is -1.46. The monoisotopic (exact) mass is 330 g/mol. The second kappa shape index (κ2) is 8.86. The van der Waals surface area contributed by atoms with Crippen LogP contribution in [0, 0.1) is 5.41 Å². The summed E-state index contributed by atoms with van der Waals surface area (Å²) in [6.45, 7) is 8.71. The van der Waals surface area contributed by atoms with Crippen molar-refractivity contribution in [1.82, 2.24) is 5.32 Å². The summed E-state index contributed by atoms with van der Waals surface area (Å²) >= 11 is 0. The van der Waals surface area contributed by atoms with Gasteiger partial charge >= 0.3 is 0 Å². The number of amides is 1. The highest BCUT2D eigenvalue weighted by molar-refractivity contribution is 5.85. The molecule has 5 nitrogen and oxygen atoms in total. The zero-order valence-corrected chi connectivity index (χ0v) is 14.8. The number of halogens is 1. The number of hydrogen-bond donors (Lipinski definition) is 2. The molecule has 126 valence electrons. The highest BCUT2D eigenvalue weighted by Crippen LogP contribution is 2.28. The van der Waals surface area contributed by atoms with Crippen LogP contribution in [0.15, 0.2) is 18.2 Å². The molecule has 0 aliphatic carbocycles. The number of methoxy groups -OCH3 is 1. The smallest absolute Gasteiger partial charge is 0.237 e. The van der Waals surface area contributed by atoms with Crippen LogP contribution in [-0.4, -0.2) is 25.7 Å². The lowest BCUT2D eigenvalue weighted by atomic mass is 9.87. The molecule has 0 aliphatic heterocycles. The SMILES string of the molecule is CCOc1cc(CNC(=O)[C@@H](N)C(C)(C)C)ccc1OC.Cl. The van der Waals surface area contributed by atoms with Gasteiger partial charge in [0.25, 0.3) is 0 Å². The normalized spacial score (nSPS) is 12.1. The first kappa shape index (κ1) is 20.5. The van der Waals surface area contributed by atoms with E-state index in [1.165, 1.54) is 0 Å². The fourth-order valence-electron chi connectivity index (χ4n) is 1.79. The van der Waals surface area contributed by atoms with Crippen LogP contribution in [0.25, 0.3) is 0 Å². The second-order valence-electron chi connectivity index (χ2n) is 5.98. The van der Waals surface area contributed by atoms with E-state index in [-0.39, 0.29) is 23.7 Å². The van der Waals surface area contributed by atoms with Crippen molar-refractivity contribution in [1.29, 1.82) is 0 Å². The number of benzene rings is 1. The number of nitrogens with one attached hydrogen (secondary N) is 1. The lowest BCUT2D eigenvalue weighted by Crippen LogP contribution is -2.48. The summed E-state index contributed by atoms with van der Waals surface area (Å²) in [4.78, 5) is 12.0. The van der Waals surface area contributed by atoms with Crippen LogP contribution < -0.4 is 20.5 Å². The lowest BCUT2D eigenvalue weighted by molar-refractivity contribution is -0.124. The number of nitrogens with two attached hydrogens (primary N) is 1. The van der Waals surface area contributed by atoms with Crippen molar-refractivity contribution in [2.24, 2.45) is 11.1 Å². The summed E-state index contributed by atoms with van der Waals surface area (Å²) < 4.78 is 10.7. The minimum absolute atomic E-state index is 0. The number of carbonyl (C=O) groups is 1. The molecule has 6 heteroatoms. The highest BCUT2D eigenvalue weighted by atomic mass is 35.5. The van der Waals surface area contributed by atoms with Gasteiger partial charge < -0.3 is 20.5 Å². The quantitative estimate of drug-likeness (QED) is 0.840. The third kappa shape index (κ3) is 5.73. The molecule has 0 heterocycles. The van der Waals surface area contributed by atoms with Gasteiger partial charge in [-0.25, -0.2) is 0 Å². The van der Waals surface area contributed by atoms with E-state index in [9.17, 15) is 4.79 Å². The van der Waals surface area contributed by atoms with E-state index in [2.05, 4.69) is 5.32 Å². The molecule has 1 aromatic carbocycles. The van der Waals surface area contributed by atoms with Gasteiger partial charge in [-0.1, -0.05) is 26.8 Å². The summed E-state index contributed by atoms with van der Waals surface area (Å²) in [6.07, 6.45) is 0. The topological polar surface area (TPSA) is 73.6 Å². The van der Waals surface area contributed by atoms with Crippen LogP contribution in [0.5, 0.6) is 11.5 Å². The van der Waals surface area contributed by atoms with Crippen molar-refractivity contribution in [2.45, 2.75) is 40.3 Å². The molecule has 0 aromatic heterocycles. The van der Waals surface area contributed by atoms with Crippen LogP contribution in [0.3, 0.4) is 0 Å². The fraction of sp³-hybridized carbons (Fsp3) is 0.562. The lowest BCUT2D eigenvalue weighted by Gasteiger charge is -2.25. The molecule has 0 saturated heterocycles. The molecule has 1 amide bonds. The summed E-state index contributed by atoms with van der Waals surface area (Å²) in [5.74, 6) is 1.20. The maximum absolute atomic E-state index is 12.0. The van der Waals surface area contributed by atoms with E-state index in [0.29, 0.717) is 24.7 Å². The Labute approximate surface area is 139 Å². The average molecular weight is 331 g/mol. The van der Waals surface area contributed by atoms with E-state index in [0.717, 1.165) is 5.56 Å². The second-order valence-corrected chi connectivity index (χ2v) is 5.98. The summed E-state index contributed by atoms with van der Waals surface area (Å²) in [5.41, 5.74) is 6.60. The van der Waals surface area contributed by atoms with Gasteiger partial charge in [-0.3, -0.25) is 4.79 Å². The van der Waals surface area contributed by atoms with Crippen LogP contribution in [-0.2, 0) is 11.3 Å². The van der Waals surface area contributed by atoms with Crippen molar-refractivity contribution < 1.29 is 14.3 Å². The Bertz CT molecular complexity index is 487. The molecule has 0 bridgehead atoms. The molecule has 0 fully saturated rings. The fourth-order valence-corrected chi connectivity index (χ4v) is 1.79. The molecule has 3 N–H and O–H groups in total. The zero-order valence-electron chi connectivity index (χ0n) is 13.9. The predicted octanol–water partition coefficient (Wildman–Crippen LogP) is 2.51. The molecule has 0 radical (unpaired) electrons. The van der Waals surface area contributed by atoms with Gasteiger partial charge in [0.05, 0.1) is 19.8 Å². The molecule has 1 aromatic rings. The minimum atomic E-state index is -0.540. The third-order valence-corrected chi connectivity index (χ3v) is 3.21. The van der Waals surface area contributed by atoms with E-state index in [4.69, 9.17) is 15.2 Å². The molecule has 1 rings (SSSR count). The number of ether oxygens (including phenoxy) is 2. The van der Waals surface area contributed by atoms with E-state index >= 15 is 0 Å². The van der Waals surface area contributed by atoms with Gasteiger partial charge in [-0.05, 0) is 30.0 Å². The van der Waals surface area contributed by atoms with Gasteiger partial charge in [0.2, 0.25) is 5.91 Å². The maximum Gasteiger partial charge on any atom is 0.237 e. The van der Waals surface area contributed by atoms with Gasteiger partial charge in [0.1, 0.15) is 0 Å². The molecule has 0 unspecified atom stereocenters. The number of carbonyl (C=O) groups excluding carboxylic acids is 1. The minimum Gasteiger partial charge on any atom is -0.493 e. The standard InChI is InChI=1S/C16H26N2O3.ClH/c1-6-21-13-9-11(7-8-12(13)20-5)10-18-15(19)14(17)16(2,3)4;/h7-9,14H,6,10,17H2,1-5H3,(H,18,19);1H/t14-;/m1./s1. The molecule has 0 aliphatic rings. The van der Waals surface area contributed by atoms with Crippen LogP contribution in [0.1, 0.15) is 33.3 Å². The summed E-state index contributed by atoms with van der Waals surface area (Å²) in [7, 11) is 1.60. The van der Waals surface area contributed by atoms with Crippen molar-refractivity contribution in [3.05, 3.63) is 23.8 Å². The van der Waals surface area contributed by atoms with Gasteiger partial charge in [0.15, 0.2) is 11.5 Å². The Balaban J connectivity index is 0.00000441. The van der Waals surface area contributed by atoms with Crippen molar-refractivity contribution in [3.8, 4) is 11.5 Å². The molecular weight excluding hydrogens is 304 g/mol. The molecule has 22 heavy (non-hydrogen) atoms. The average Bonchev–Trinajstić information content (AvgIpc) is 2.43. The third-order valence-electron chi connectivity index (χ3n) is 3.21. The van der Waals surface area contributed by atoms with E-state index in [1.54, 1.807) is 7.11 Å². The molecule has 1 atom stereocenters. The van der Waals surface area contributed by atoms with Crippen molar-refractivity contribution in [3.63, 3.8) is 0 Å². The number of hydrogen-bond acceptors (Lipinski definition) is 4. The molecule has 0 saturated carbocycles. The van der Waals surface area contributed by atoms with Crippen molar-refractivity contribution >= 4 is 18.3 Å².